The topological polar surface area (TPSA) is 55.8 Å². The second kappa shape index (κ2) is 4.20. The molecule has 1 unspecified atom stereocenters. The van der Waals surface area contributed by atoms with Crippen molar-refractivity contribution in [3.8, 4) is 5.75 Å². The molecule has 1 N–H and O–H groups in total. The monoisotopic (exact) mass is 266 g/mol. The zero-order valence-electron chi connectivity index (χ0n) is 10.7. The van der Waals surface area contributed by atoms with Gasteiger partial charge in [0.2, 0.25) is 0 Å². The van der Waals surface area contributed by atoms with E-state index in [9.17, 15) is 14.3 Å². The molecule has 1 aliphatic carbocycles. The lowest BCUT2D eigenvalue weighted by Crippen LogP contribution is -2.14. The number of rotatable bonds is 3. The number of ether oxygens (including phenoxy) is 2. The van der Waals surface area contributed by atoms with Crippen molar-refractivity contribution >= 4 is 5.97 Å². The lowest BCUT2D eigenvalue weighted by atomic mass is 10.0. The molecule has 19 heavy (non-hydrogen) atoms. The Labute approximate surface area is 110 Å². The van der Waals surface area contributed by atoms with Crippen LogP contribution in [0.5, 0.6) is 5.75 Å². The van der Waals surface area contributed by atoms with Gasteiger partial charge < -0.3 is 14.6 Å². The van der Waals surface area contributed by atoms with Gasteiger partial charge >= 0.3 is 5.97 Å². The number of halogens is 1. The predicted molar refractivity (Wildman–Crippen MR) is 64.3 cm³/mol. The molecule has 1 aliphatic heterocycles. The summed E-state index contributed by atoms with van der Waals surface area (Å²) in [7, 11) is 0. The fourth-order valence-electron chi connectivity index (χ4n) is 2.79. The number of hydrogen-bond donors (Lipinski definition) is 1. The summed E-state index contributed by atoms with van der Waals surface area (Å²) in [5.74, 6) is -0.676. The van der Waals surface area contributed by atoms with Crippen LogP contribution in [0.1, 0.15) is 37.0 Å². The van der Waals surface area contributed by atoms with Crippen molar-refractivity contribution in [2.45, 2.75) is 32.0 Å². The molecule has 0 bridgehead atoms. The van der Waals surface area contributed by atoms with Crippen molar-refractivity contribution in [2.24, 2.45) is 5.92 Å². The third-order valence-electron chi connectivity index (χ3n) is 3.69. The average Bonchev–Trinajstić information content (AvgIpc) is 2.94. The Balaban J connectivity index is 1.92. The number of carbonyl (C=O) groups excluding carboxylic acids is 1. The zero-order chi connectivity index (χ0) is 13.7. The number of carbonyl (C=O) groups is 1. The highest BCUT2D eigenvalue weighted by Crippen LogP contribution is 2.60. The van der Waals surface area contributed by atoms with E-state index in [0.717, 1.165) is 0 Å². The molecule has 4 nitrogen and oxygen atoms in total. The number of esters is 1. The van der Waals surface area contributed by atoms with Crippen LogP contribution in [0.2, 0.25) is 0 Å². The zero-order valence-corrected chi connectivity index (χ0v) is 10.7. The highest BCUT2D eigenvalue weighted by molar-refractivity contribution is 5.81. The van der Waals surface area contributed by atoms with Gasteiger partial charge in [0.1, 0.15) is 23.6 Å². The maximum Gasteiger partial charge on any atom is 0.313 e. The van der Waals surface area contributed by atoms with Crippen LogP contribution in [0, 0.1) is 11.7 Å². The molecule has 1 heterocycles. The lowest BCUT2D eigenvalue weighted by Gasteiger charge is -2.14. The molecule has 3 rings (SSSR count). The van der Waals surface area contributed by atoms with Crippen LogP contribution in [-0.4, -0.2) is 23.8 Å². The molecule has 102 valence electrons. The molecule has 1 aromatic carbocycles. The first kappa shape index (κ1) is 12.4. The fourth-order valence-corrected chi connectivity index (χ4v) is 2.79. The Morgan fingerprint density at radius 1 is 1.58 bits per heavy atom. The van der Waals surface area contributed by atoms with Crippen molar-refractivity contribution in [1.82, 2.24) is 0 Å². The summed E-state index contributed by atoms with van der Waals surface area (Å²) in [4.78, 5) is 11.7. The first-order chi connectivity index (χ1) is 9.04. The van der Waals surface area contributed by atoms with E-state index in [4.69, 9.17) is 9.47 Å². The largest absolute Gasteiger partial charge is 0.488 e. The van der Waals surface area contributed by atoms with E-state index in [2.05, 4.69) is 0 Å². The minimum atomic E-state index is -0.803. The van der Waals surface area contributed by atoms with Crippen LogP contribution < -0.4 is 4.74 Å². The summed E-state index contributed by atoms with van der Waals surface area (Å²) in [5.41, 5.74) is 1.10. The summed E-state index contributed by atoms with van der Waals surface area (Å²) < 4.78 is 24.2. The summed E-state index contributed by atoms with van der Waals surface area (Å²) in [6, 6.07) is 2.65. The standard InChI is InChI=1S/C14H15FO4/c1-3-18-14(17)11-10-9-5-7(15)4-8(6(2)16)12(9)19-13(10)11/h4-6,10-11,13,16H,3H2,1-2H3/t6-,10+,11+,13?/m1/s1. The number of hydrogen-bond acceptors (Lipinski definition) is 4. The van der Waals surface area contributed by atoms with Gasteiger partial charge in [-0.05, 0) is 26.0 Å². The van der Waals surface area contributed by atoms with E-state index < -0.39 is 11.9 Å². The Hall–Kier alpha value is -1.62. The number of aliphatic hydroxyl groups excluding tert-OH is 1. The van der Waals surface area contributed by atoms with Crippen LogP contribution >= 0.6 is 0 Å². The van der Waals surface area contributed by atoms with E-state index in [1.165, 1.54) is 12.1 Å². The summed E-state index contributed by atoms with van der Waals surface area (Å²) in [6.45, 7) is 3.63. The minimum absolute atomic E-state index is 0.137. The molecule has 0 saturated heterocycles. The van der Waals surface area contributed by atoms with E-state index in [0.29, 0.717) is 23.5 Å². The van der Waals surface area contributed by atoms with Gasteiger partial charge in [0.25, 0.3) is 0 Å². The molecule has 0 amide bonds. The fraction of sp³-hybridized carbons (Fsp3) is 0.500. The summed E-state index contributed by atoms with van der Waals surface area (Å²) in [6.07, 6.45) is -1.07. The van der Waals surface area contributed by atoms with Crippen LogP contribution in [0.3, 0.4) is 0 Å². The van der Waals surface area contributed by atoms with Gasteiger partial charge in [-0.25, -0.2) is 4.39 Å². The number of aliphatic hydroxyl groups is 1. The average molecular weight is 266 g/mol. The van der Waals surface area contributed by atoms with Crippen LogP contribution in [0.4, 0.5) is 4.39 Å². The first-order valence-electron chi connectivity index (χ1n) is 6.39. The van der Waals surface area contributed by atoms with Crippen molar-refractivity contribution in [2.75, 3.05) is 6.61 Å². The van der Waals surface area contributed by atoms with E-state index in [1.807, 2.05) is 0 Å². The molecule has 1 fully saturated rings. The van der Waals surface area contributed by atoms with Crippen molar-refractivity contribution in [3.63, 3.8) is 0 Å². The highest BCUT2D eigenvalue weighted by atomic mass is 19.1. The SMILES string of the molecule is CCOC(=O)[C@@H]1C2Oc3c(cc(F)cc3[C@@H](C)O)[C@H]21. The van der Waals surface area contributed by atoms with E-state index >= 15 is 0 Å². The normalized spacial score (nSPS) is 28.1. The number of fused-ring (bicyclic) bond motifs is 3. The van der Waals surface area contributed by atoms with Gasteiger partial charge in [0.05, 0.1) is 12.7 Å². The molecular weight excluding hydrogens is 251 g/mol. The van der Waals surface area contributed by atoms with Crippen molar-refractivity contribution < 1.29 is 23.8 Å². The van der Waals surface area contributed by atoms with Gasteiger partial charge in [-0.1, -0.05) is 0 Å². The smallest absolute Gasteiger partial charge is 0.313 e. The quantitative estimate of drug-likeness (QED) is 0.849. The second-order valence-electron chi connectivity index (χ2n) is 4.98. The first-order valence-corrected chi connectivity index (χ1v) is 6.39. The van der Waals surface area contributed by atoms with Gasteiger partial charge in [0, 0.05) is 17.0 Å². The molecule has 1 aromatic rings. The minimum Gasteiger partial charge on any atom is -0.488 e. The molecule has 0 radical (unpaired) electrons. The summed E-state index contributed by atoms with van der Waals surface area (Å²) >= 11 is 0. The molecule has 0 spiro atoms. The molecule has 2 aliphatic rings. The Bertz CT molecular complexity index is 540. The van der Waals surface area contributed by atoms with Crippen LogP contribution in [0.15, 0.2) is 12.1 Å². The Morgan fingerprint density at radius 2 is 2.32 bits per heavy atom. The van der Waals surface area contributed by atoms with E-state index in [1.54, 1.807) is 13.8 Å². The van der Waals surface area contributed by atoms with Crippen LogP contribution in [-0.2, 0) is 9.53 Å². The van der Waals surface area contributed by atoms with Gasteiger partial charge in [-0.3, -0.25) is 4.79 Å². The maximum atomic E-state index is 13.6. The van der Waals surface area contributed by atoms with E-state index in [-0.39, 0.29) is 23.9 Å². The lowest BCUT2D eigenvalue weighted by molar-refractivity contribution is -0.145. The van der Waals surface area contributed by atoms with Gasteiger partial charge in [-0.15, -0.1) is 0 Å². The highest BCUT2D eigenvalue weighted by Gasteiger charge is 2.64. The Morgan fingerprint density at radius 3 is 2.95 bits per heavy atom. The maximum absolute atomic E-state index is 13.6. The third-order valence-corrected chi connectivity index (χ3v) is 3.69. The van der Waals surface area contributed by atoms with Crippen LogP contribution in [0.25, 0.3) is 0 Å². The molecular formula is C14H15FO4. The van der Waals surface area contributed by atoms with Gasteiger partial charge in [-0.2, -0.15) is 0 Å². The Kier molecular flexibility index (Phi) is 2.74. The second-order valence-corrected chi connectivity index (χ2v) is 4.98. The summed E-state index contributed by atoms with van der Waals surface area (Å²) in [5, 5.41) is 9.63. The number of benzene rings is 1. The molecule has 5 heteroatoms. The predicted octanol–water partition coefficient (Wildman–Crippen LogP) is 1.92. The third kappa shape index (κ3) is 1.80. The molecule has 1 saturated carbocycles. The molecule has 0 aromatic heterocycles. The van der Waals surface area contributed by atoms with Gasteiger partial charge in [0.15, 0.2) is 0 Å². The van der Waals surface area contributed by atoms with Crippen molar-refractivity contribution in [1.29, 1.82) is 0 Å². The van der Waals surface area contributed by atoms with Crippen molar-refractivity contribution in [3.05, 3.63) is 29.1 Å². The molecule has 4 atom stereocenters.